The standard InChI is InChI=1S/C9H19NO5/c1-3-7(13)9(15)8(14)6(4-11)10-5(2)12/h6-9,11,13-15H,3-4H2,1-2H3,(H,10,12)/t6-,7-,8-,9-/m1/s1. The van der Waals surface area contributed by atoms with Gasteiger partial charge in [-0.25, -0.2) is 0 Å². The number of hydrogen-bond donors (Lipinski definition) is 5. The highest BCUT2D eigenvalue weighted by Crippen LogP contribution is 2.07. The Bertz CT molecular complexity index is 199. The van der Waals surface area contributed by atoms with Crippen molar-refractivity contribution in [2.75, 3.05) is 6.61 Å². The molecule has 6 nitrogen and oxygen atoms in total. The Morgan fingerprint density at radius 1 is 1.27 bits per heavy atom. The predicted molar refractivity (Wildman–Crippen MR) is 53.0 cm³/mol. The van der Waals surface area contributed by atoms with Gasteiger partial charge in [-0.2, -0.15) is 0 Å². The summed E-state index contributed by atoms with van der Waals surface area (Å²) < 4.78 is 0. The van der Waals surface area contributed by atoms with E-state index in [4.69, 9.17) is 5.11 Å². The van der Waals surface area contributed by atoms with E-state index in [9.17, 15) is 20.1 Å². The summed E-state index contributed by atoms with van der Waals surface area (Å²) in [6.07, 6.45) is -3.59. The lowest BCUT2D eigenvalue weighted by atomic mass is 10.00. The summed E-state index contributed by atoms with van der Waals surface area (Å²) in [7, 11) is 0. The van der Waals surface area contributed by atoms with Crippen LogP contribution in [0.25, 0.3) is 0 Å². The van der Waals surface area contributed by atoms with Crippen LogP contribution in [0.15, 0.2) is 0 Å². The Morgan fingerprint density at radius 2 is 1.80 bits per heavy atom. The molecule has 0 spiro atoms. The SMILES string of the molecule is CC[C@@H](O)[C@@H](O)[C@H](O)[C@@H](CO)NC(C)=O. The molecule has 90 valence electrons. The molecule has 0 aliphatic carbocycles. The minimum atomic E-state index is -1.39. The average Bonchev–Trinajstić information content (AvgIpc) is 2.22. The van der Waals surface area contributed by atoms with Crippen molar-refractivity contribution in [3.05, 3.63) is 0 Å². The van der Waals surface area contributed by atoms with Crippen molar-refractivity contribution in [3.8, 4) is 0 Å². The summed E-state index contributed by atoms with van der Waals surface area (Å²) in [6, 6.07) is -0.973. The smallest absolute Gasteiger partial charge is 0.217 e. The summed E-state index contributed by atoms with van der Waals surface area (Å²) in [4.78, 5) is 10.7. The second kappa shape index (κ2) is 6.73. The topological polar surface area (TPSA) is 110 Å². The molecule has 1 amide bonds. The van der Waals surface area contributed by atoms with Crippen LogP contribution >= 0.6 is 0 Å². The van der Waals surface area contributed by atoms with Crippen LogP contribution in [0.2, 0.25) is 0 Å². The number of aliphatic hydroxyl groups excluding tert-OH is 4. The van der Waals surface area contributed by atoms with Gasteiger partial charge in [0.1, 0.15) is 12.2 Å². The molecule has 4 atom stereocenters. The van der Waals surface area contributed by atoms with E-state index in [1.54, 1.807) is 6.92 Å². The van der Waals surface area contributed by atoms with Gasteiger partial charge in [0.25, 0.3) is 0 Å². The molecule has 0 saturated heterocycles. The molecule has 5 N–H and O–H groups in total. The fourth-order valence-corrected chi connectivity index (χ4v) is 1.21. The van der Waals surface area contributed by atoms with Gasteiger partial charge in [0, 0.05) is 6.92 Å². The number of aliphatic hydroxyl groups is 4. The number of carbonyl (C=O) groups is 1. The Morgan fingerprint density at radius 3 is 2.13 bits per heavy atom. The van der Waals surface area contributed by atoms with Crippen molar-refractivity contribution in [2.24, 2.45) is 0 Å². The first-order chi connectivity index (χ1) is 6.93. The Balaban J connectivity index is 4.35. The molecule has 6 heteroatoms. The zero-order chi connectivity index (χ0) is 12.0. The molecular weight excluding hydrogens is 202 g/mol. The van der Waals surface area contributed by atoms with Gasteiger partial charge in [-0.05, 0) is 6.42 Å². The lowest BCUT2D eigenvalue weighted by molar-refractivity contribution is -0.123. The molecule has 0 saturated carbocycles. The lowest BCUT2D eigenvalue weighted by Gasteiger charge is -2.28. The van der Waals surface area contributed by atoms with E-state index in [1.165, 1.54) is 6.92 Å². The van der Waals surface area contributed by atoms with E-state index in [0.29, 0.717) is 0 Å². The molecular formula is C9H19NO5. The van der Waals surface area contributed by atoms with Crippen LogP contribution < -0.4 is 5.32 Å². The molecule has 0 heterocycles. The highest BCUT2D eigenvalue weighted by Gasteiger charge is 2.30. The van der Waals surface area contributed by atoms with E-state index in [-0.39, 0.29) is 6.42 Å². The maximum atomic E-state index is 10.7. The van der Waals surface area contributed by atoms with Gasteiger partial charge in [-0.15, -0.1) is 0 Å². The van der Waals surface area contributed by atoms with E-state index in [1.807, 2.05) is 0 Å². The summed E-state index contributed by atoms with van der Waals surface area (Å²) in [6.45, 7) is 2.37. The number of amides is 1. The zero-order valence-electron chi connectivity index (χ0n) is 8.92. The summed E-state index contributed by atoms with van der Waals surface area (Å²) >= 11 is 0. The molecule has 15 heavy (non-hydrogen) atoms. The first-order valence-corrected chi connectivity index (χ1v) is 4.86. The van der Waals surface area contributed by atoms with E-state index < -0.39 is 36.9 Å². The molecule has 0 fully saturated rings. The number of carbonyl (C=O) groups excluding carboxylic acids is 1. The third-order valence-electron chi connectivity index (χ3n) is 2.16. The summed E-state index contributed by atoms with van der Waals surface area (Å²) in [5, 5.41) is 39.4. The number of hydrogen-bond acceptors (Lipinski definition) is 5. The molecule has 0 aliphatic heterocycles. The van der Waals surface area contributed by atoms with Gasteiger partial charge in [-0.1, -0.05) is 6.92 Å². The van der Waals surface area contributed by atoms with E-state index >= 15 is 0 Å². The number of rotatable bonds is 6. The van der Waals surface area contributed by atoms with Crippen LogP contribution in [0.4, 0.5) is 0 Å². The van der Waals surface area contributed by atoms with Crippen molar-refractivity contribution in [2.45, 2.75) is 44.6 Å². The van der Waals surface area contributed by atoms with Gasteiger partial charge in [-0.3, -0.25) is 4.79 Å². The van der Waals surface area contributed by atoms with Crippen molar-refractivity contribution < 1.29 is 25.2 Å². The molecule has 0 aromatic heterocycles. The van der Waals surface area contributed by atoms with Gasteiger partial charge >= 0.3 is 0 Å². The summed E-state index contributed by atoms with van der Waals surface area (Å²) in [5.41, 5.74) is 0. The molecule has 0 rings (SSSR count). The summed E-state index contributed by atoms with van der Waals surface area (Å²) in [5.74, 6) is -0.425. The molecule has 0 unspecified atom stereocenters. The third-order valence-corrected chi connectivity index (χ3v) is 2.16. The van der Waals surface area contributed by atoms with Crippen LogP contribution in [-0.2, 0) is 4.79 Å². The lowest BCUT2D eigenvalue weighted by Crippen LogP contribution is -2.53. The van der Waals surface area contributed by atoms with Crippen molar-refractivity contribution in [1.29, 1.82) is 0 Å². The molecule has 0 aromatic rings. The number of nitrogens with one attached hydrogen (secondary N) is 1. The van der Waals surface area contributed by atoms with Gasteiger partial charge in [0.2, 0.25) is 5.91 Å². The second-order valence-corrected chi connectivity index (χ2v) is 3.45. The van der Waals surface area contributed by atoms with Gasteiger partial charge in [0.05, 0.1) is 18.8 Å². The predicted octanol–water partition coefficient (Wildman–Crippen LogP) is -2.02. The third kappa shape index (κ3) is 4.57. The van der Waals surface area contributed by atoms with Crippen LogP contribution in [0.5, 0.6) is 0 Å². The second-order valence-electron chi connectivity index (χ2n) is 3.45. The van der Waals surface area contributed by atoms with Gasteiger partial charge < -0.3 is 25.7 Å². The Labute approximate surface area is 88.5 Å². The van der Waals surface area contributed by atoms with Crippen molar-refractivity contribution in [3.63, 3.8) is 0 Å². The normalized spacial score (nSPS) is 19.1. The molecule has 0 radical (unpaired) electrons. The highest BCUT2D eigenvalue weighted by molar-refractivity contribution is 5.73. The van der Waals surface area contributed by atoms with Crippen LogP contribution in [0, 0.1) is 0 Å². The first kappa shape index (κ1) is 14.3. The first-order valence-electron chi connectivity index (χ1n) is 4.86. The maximum absolute atomic E-state index is 10.7. The molecule has 0 bridgehead atoms. The van der Waals surface area contributed by atoms with Crippen LogP contribution in [-0.4, -0.2) is 57.3 Å². The maximum Gasteiger partial charge on any atom is 0.217 e. The quantitative estimate of drug-likeness (QED) is 0.355. The Kier molecular flexibility index (Phi) is 6.42. The monoisotopic (exact) mass is 221 g/mol. The Hall–Kier alpha value is -0.690. The van der Waals surface area contributed by atoms with Crippen LogP contribution in [0.1, 0.15) is 20.3 Å². The highest BCUT2D eigenvalue weighted by atomic mass is 16.4. The minimum absolute atomic E-state index is 0.274. The molecule has 0 aliphatic rings. The van der Waals surface area contributed by atoms with Gasteiger partial charge in [0.15, 0.2) is 0 Å². The molecule has 0 aromatic carbocycles. The fraction of sp³-hybridized carbons (Fsp3) is 0.889. The van der Waals surface area contributed by atoms with E-state index in [0.717, 1.165) is 0 Å². The largest absolute Gasteiger partial charge is 0.394 e. The minimum Gasteiger partial charge on any atom is -0.394 e. The fourth-order valence-electron chi connectivity index (χ4n) is 1.21. The van der Waals surface area contributed by atoms with Crippen molar-refractivity contribution >= 4 is 5.91 Å². The van der Waals surface area contributed by atoms with Crippen molar-refractivity contribution in [1.82, 2.24) is 5.32 Å². The zero-order valence-corrected chi connectivity index (χ0v) is 8.92. The van der Waals surface area contributed by atoms with Crippen LogP contribution in [0.3, 0.4) is 0 Å². The average molecular weight is 221 g/mol. The van der Waals surface area contributed by atoms with E-state index in [2.05, 4.69) is 5.32 Å².